The third-order valence-corrected chi connectivity index (χ3v) is 4.34. The zero-order valence-electron chi connectivity index (χ0n) is 13.2. The molecule has 0 fully saturated rings. The molecule has 5 heteroatoms. The Bertz CT molecular complexity index is 891. The Morgan fingerprint density at radius 3 is 2.83 bits per heavy atom. The number of benzene rings is 2. The van der Waals surface area contributed by atoms with Crippen LogP contribution in [-0.2, 0) is 6.42 Å². The van der Waals surface area contributed by atoms with Gasteiger partial charge in [-0.3, -0.25) is 5.43 Å². The average molecular weight is 332 g/mol. The molecular formula is C19H16N4S. The Balaban J connectivity index is 1.71. The van der Waals surface area contributed by atoms with Crippen LogP contribution in [0.2, 0.25) is 0 Å². The van der Waals surface area contributed by atoms with Gasteiger partial charge < -0.3 is 0 Å². The first kappa shape index (κ1) is 15.9. The fourth-order valence-electron chi connectivity index (χ4n) is 2.33. The highest BCUT2D eigenvalue weighted by Gasteiger charge is 2.03. The van der Waals surface area contributed by atoms with E-state index in [0.717, 1.165) is 33.9 Å². The summed E-state index contributed by atoms with van der Waals surface area (Å²) in [5, 5.41) is 16.0. The Labute approximate surface area is 145 Å². The van der Waals surface area contributed by atoms with Crippen molar-refractivity contribution >= 4 is 22.7 Å². The largest absolute Gasteiger partial charge is 0.253 e. The molecule has 1 aromatic heterocycles. The van der Waals surface area contributed by atoms with Crippen LogP contribution in [0, 0.1) is 11.3 Å². The fourth-order valence-corrected chi connectivity index (χ4v) is 3.00. The first-order valence-corrected chi connectivity index (χ1v) is 8.51. The Kier molecular flexibility index (Phi) is 4.99. The van der Waals surface area contributed by atoms with E-state index in [9.17, 15) is 0 Å². The second kappa shape index (κ2) is 7.53. The summed E-state index contributed by atoms with van der Waals surface area (Å²) in [4.78, 5) is 4.53. The lowest BCUT2D eigenvalue weighted by Crippen LogP contribution is -1.95. The van der Waals surface area contributed by atoms with Crippen LogP contribution >= 0.6 is 11.3 Å². The molecule has 0 aliphatic rings. The number of thiazole rings is 1. The number of hydrogen-bond acceptors (Lipinski definition) is 5. The maximum absolute atomic E-state index is 8.97. The standard InChI is InChI=1S/C19H16N4S/c1-2-15-10-14(11-20)8-9-17(15)12-21-23-19-22-18(13-24-19)16-6-4-3-5-7-16/h3-10,12-13H,2H2,1H3,(H,22,23). The van der Waals surface area contributed by atoms with Gasteiger partial charge in [-0.25, -0.2) is 4.98 Å². The van der Waals surface area contributed by atoms with E-state index in [2.05, 4.69) is 28.5 Å². The molecule has 24 heavy (non-hydrogen) atoms. The molecule has 1 N–H and O–H groups in total. The number of anilines is 1. The third-order valence-electron chi connectivity index (χ3n) is 3.59. The van der Waals surface area contributed by atoms with E-state index in [1.165, 1.54) is 11.3 Å². The molecular weight excluding hydrogens is 316 g/mol. The van der Waals surface area contributed by atoms with Crippen molar-refractivity contribution in [2.24, 2.45) is 5.10 Å². The van der Waals surface area contributed by atoms with Crippen LogP contribution in [0.15, 0.2) is 59.0 Å². The van der Waals surface area contributed by atoms with E-state index in [0.29, 0.717) is 5.56 Å². The topological polar surface area (TPSA) is 61.1 Å². The minimum absolute atomic E-state index is 0.671. The fraction of sp³-hybridized carbons (Fsp3) is 0.105. The monoisotopic (exact) mass is 332 g/mol. The molecule has 0 saturated carbocycles. The number of rotatable bonds is 5. The van der Waals surface area contributed by atoms with Crippen molar-refractivity contribution in [1.29, 1.82) is 5.26 Å². The van der Waals surface area contributed by atoms with Gasteiger partial charge in [-0.15, -0.1) is 11.3 Å². The molecule has 0 radical (unpaired) electrons. The number of aryl methyl sites for hydroxylation is 1. The van der Waals surface area contributed by atoms with E-state index >= 15 is 0 Å². The molecule has 3 aromatic rings. The maximum Gasteiger partial charge on any atom is 0.203 e. The third kappa shape index (κ3) is 3.67. The van der Waals surface area contributed by atoms with Crippen molar-refractivity contribution in [2.45, 2.75) is 13.3 Å². The van der Waals surface area contributed by atoms with Crippen LogP contribution < -0.4 is 5.43 Å². The van der Waals surface area contributed by atoms with Crippen LogP contribution in [0.4, 0.5) is 5.13 Å². The molecule has 0 saturated heterocycles. The first-order valence-electron chi connectivity index (χ1n) is 7.63. The van der Waals surface area contributed by atoms with Gasteiger partial charge in [0.2, 0.25) is 5.13 Å². The van der Waals surface area contributed by atoms with Crippen molar-refractivity contribution in [3.05, 3.63) is 70.6 Å². The van der Waals surface area contributed by atoms with Gasteiger partial charge in [-0.1, -0.05) is 43.3 Å². The van der Waals surface area contributed by atoms with Crippen molar-refractivity contribution < 1.29 is 0 Å². The minimum atomic E-state index is 0.671. The van der Waals surface area contributed by atoms with E-state index < -0.39 is 0 Å². The van der Waals surface area contributed by atoms with Crippen LogP contribution in [-0.4, -0.2) is 11.2 Å². The Morgan fingerprint density at radius 1 is 1.25 bits per heavy atom. The SMILES string of the molecule is CCc1cc(C#N)ccc1C=NNc1nc(-c2ccccc2)cs1. The van der Waals surface area contributed by atoms with Gasteiger partial charge in [0.15, 0.2) is 0 Å². The second-order valence-electron chi connectivity index (χ2n) is 5.15. The van der Waals surface area contributed by atoms with E-state index in [1.807, 2.05) is 47.8 Å². The van der Waals surface area contributed by atoms with Crippen molar-refractivity contribution in [3.63, 3.8) is 0 Å². The molecule has 3 rings (SSSR count). The summed E-state index contributed by atoms with van der Waals surface area (Å²) in [5.74, 6) is 0. The lowest BCUT2D eigenvalue weighted by molar-refractivity contribution is 1.13. The number of hydrazone groups is 1. The van der Waals surface area contributed by atoms with E-state index in [4.69, 9.17) is 5.26 Å². The summed E-state index contributed by atoms with van der Waals surface area (Å²) in [6, 6.07) is 17.8. The highest BCUT2D eigenvalue weighted by Crippen LogP contribution is 2.24. The van der Waals surface area contributed by atoms with Gasteiger partial charge in [-0.05, 0) is 29.7 Å². The molecule has 0 bridgehead atoms. The Morgan fingerprint density at radius 2 is 2.08 bits per heavy atom. The van der Waals surface area contributed by atoms with Crippen LogP contribution in [0.25, 0.3) is 11.3 Å². The number of aromatic nitrogens is 1. The summed E-state index contributed by atoms with van der Waals surface area (Å²) in [5.41, 5.74) is 7.78. The zero-order valence-corrected chi connectivity index (χ0v) is 14.0. The number of nitrogens with zero attached hydrogens (tertiary/aromatic N) is 3. The number of nitriles is 1. The van der Waals surface area contributed by atoms with Gasteiger partial charge in [0.1, 0.15) is 0 Å². The molecule has 0 unspecified atom stereocenters. The summed E-state index contributed by atoms with van der Waals surface area (Å²) < 4.78 is 0. The number of nitrogens with one attached hydrogen (secondary N) is 1. The molecule has 1 heterocycles. The molecule has 118 valence electrons. The highest BCUT2D eigenvalue weighted by molar-refractivity contribution is 7.14. The lowest BCUT2D eigenvalue weighted by Gasteiger charge is -2.03. The quantitative estimate of drug-likeness (QED) is 0.544. The normalized spacial score (nSPS) is 10.7. The summed E-state index contributed by atoms with van der Waals surface area (Å²) in [7, 11) is 0. The molecule has 0 atom stereocenters. The Hall–Kier alpha value is -2.97. The molecule has 4 nitrogen and oxygen atoms in total. The molecule has 0 spiro atoms. The molecule has 0 amide bonds. The predicted molar refractivity (Wildman–Crippen MR) is 99.3 cm³/mol. The van der Waals surface area contributed by atoms with E-state index in [-0.39, 0.29) is 0 Å². The predicted octanol–water partition coefficient (Wildman–Crippen LogP) is 4.69. The smallest absolute Gasteiger partial charge is 0.203 e. The summed E-state index contributed by atoms with van der Waals surface area (Å²) in [6.07, 6.45) is 2.62. The molecule has 0 aliphatic carbocycles. The van der Waals surface area contributed by atoms with E-state index in [1.54, 1.807) is 12.3 Å². The van der Waals surface area contributed by atoms with Gasteiger partial charge in [0.25, 0.3) is 0 Å². The molecule has 0 aliphatic heterocycles. The van der Waals surface area contributed by atoms with Crippen molar-refractivity contribution in [2.75, 3.05) is 5.43 Å². The van der Waals surface area contributed by atoms with Crippen LogP contribution in [0.3, 0.4) is 0 Å². The van der Waals surface area contributed by atoms with Gasteiger partial charge >= 0.3 is 0 Å². The highest BCUT2D eigenvalue weighted by atomic mass is 32.1. The molecule has 2 aromatic carbocycles. The zero-order chi connectivity index (χ0) is 16.8. The maximum atomic E-state index is 8.97. The van der Waals surface area contributed by atoms with Crippen LogP contribution in [0.1, 0.15) is 23.6 Å². The second-order valence-corrected chi connectivity index (χ2v) is 6.01. The number of hydrogen-bond donors (Lipinski definition) is 1. The van der Waals surface area contributed by atoms with Crippen LogP contribution in [0.5, 0.6) is 0 Å². The lowest BCUT2D eigenvalue weighted by atomic mass is 10.0. The summed E-state index contributed by atoms with van der Waals surface area (Å²) in [6.45, 7) is 2.06. The van der Waals surface area contributed by atoms with Crippen molar-refractivity contribution in [1.82, 2.24) is 4.98 Å². The average Bonchev–Trinajstić information content (AvgIpc) is 3.11. The summed E-state index contributed by atoms with van der Waals surface area (Å²) >= 11 is 1.52. The first-order chi connectivity index (χ1) is 11.8. The van der Waals surface area contributed by atoms with Gasteiger partial charge in [0, 0.05) is 10.9 Å². The van der Waals surface area contributed by atoms with Crippen molar-refractivity contribution in [3.8, 4) is 17.3 Å². The van der Waals surface area contributed by atoms with Gasteiger partial charge in [0.05, 0.1) is 23.5 Å². The minimum Gasteiger partial charge on any atom is -0.253 e. The van der Waals surface area contributed by atoms with Gasteiger partial charge in [-0.2, -0.15) is 10.4 Å².